The van der Waals surface area contributed by atoms with Gasteiger partial charge in [-0.2, -0.15) is 0 Å². The largest absolute Gasteiger partial charge is 0.333 e. The molecule has 1 amide bonds. The number of rotatable bonds is 4. The van der Waals surface area contributed by atoms with Gasteiger partial charge in [0.25, 0.3) is 0 Å². The number of amides is 1. The SMILES string of the molecule is C=CCC1CCC(c2ccc(Cl)cc2)N(C(C)C)C1=O. The standard InChI is InChI=1S/C17H22ClNO/c1-4-5-14-8-11-16(19(12(2)3)17(14)20)13-6-9-15(18)10-7-13/h4,6-7,9-10,12,14,16H,1,5,8,11H2,2-3H3. The fourth-order valence-corrected chi connectivity index (χ4v) is 3.16. The van der Waals surface area contributed by atoms with Crippen molar-refractivity contribution in [1.29, 1.82) is 0 Å². The second-order valence-electron chi connectivity index (χ2n) is 5.71. The van der Waals surface area contributed by atoms with Gasteiger partial charge in [0, 0.05) is 17.0 Å². The van der Waals surface area contributed by atoms with E-state index in [1.165, 1.54) is 5.56 Å². The minimum Gasteiger partial charge on any atom is -0.333 e. The Hall–Kier alpha value is -1.28. The van der Waals surface area contributed by atoms with Gasteiger partial charge in [-0.05, 0) is 50.8 Å². The average Bonchev–Trinajstić information content (AvgIpc) is 2.41. The first kappa shape index (κ1) is 15.1. The van der Waals surface area contributed by atoms with Gasteiger partial charge in [-0.1, -0.05) is 29.8 Å². The lowest BCUT2D eigenvalue weighted by Gasteiger charge is -2.42. The highest BCUT2D eigenvalue weighted by Gasteiger charge is 2.36. The lowest BCUT2D eigenvalue weighted by atomic mass is 9.85. The monoisotopic (exact) mass is 291 g/mol. The van der Waals surface area contributed by atoms with Crippen LogP contribution in [0.3, 0.4) is 0 Å². The Balaban J connectivity index is 2.26. The van der Waals surface area contributed by atoms with Crippen molar-refractivity contribution in [3.05, 3.63) is 47.5 Å². The van der Waals surface area contributed by atoms with Gasteiger partial charge in [-0.15, -0.1) is 6.58 Å². The van der Waals surface area contributed by atoms with Crippen LogP contribution in [0, 0.1) is 5.92 Å². The molecule has 0 saturated carbocycles. The molecule has 1 saturated heterocycles. The molecule has 0 N–H and O–H groups in total. The van der Waals surface area contributed by atoms with E-state index in [9.17, 15) is 4.79 Å². The molecular formula is C17H22ClNO. The Morgan fingerprint density at radius 1 is 1.35 bits per heavy atom. The summed E-state index contributed by atoms with van der Waals surface area (Å²) in [5.41, 5.74) is 1.17. The smallest absolute Gasteiger partial charge is 0.226 e. The van der Waals surface area contributed by atoms with Crippen LogP contribution in [0.15, 0.2) is 36.9 Å². The number of hydrogen-bond donors (Lipinski definition) is 0. The molecule has 0 aliphatic carbocycles. The molecule has 20 heavy (non-hydrogen) atoms. The van der Waals surface area contributed by atoms with Crippen LogP contribution < -0.4 is 0 Å². The van der Waals surface area contributed by atoms with E-state index >= 15 is 0 Å². The van der Waals surface area contributed by atoms with E-state index in [1.54, 1.807) is 0 Å². The summed E-state index contributed by atoms with van der Waals surface area (Å²) in [6.07, 6.45) is 4.56. The predicted octanol–water partition coefficient (Wildman–Crippen LogP) is 4.60. The minimum absolute atomic E-state index is 0.0958. The highest BCUT2D eigenvalue weighted by atomic mass is 35.5. The summed E-state index contributed by atoms with van der Waals surface area (Å²) in [5.74, 6) is 0.351. The highest BCUT2D eigenvalue weighted by Crippen LogP contribution is 2.37. The normalized spacial score (nSPS) is 23.2. The van der Waals surface area contributed by atoms with Crippen LogP contribution >= 0.6 is 11.6 Å². The maximum Gasteiger partial charge on any atom is 0.226 e. The van der Waals surface area contributed by atoms with E-state index in [0.717, 1.165) is 24.3 Å². The molecular weight excluding hydrogens is 270 g/mol. The maximum atomic E-state index is 12.7. The Morgan fingerprint density at radius 2 is 2.00 bits per heavy atom. The molecule has 1 fully saturated rings. The van der Waals surface area contributed by atoms with Crippen molar-refractivity contribution < 1.29 is 4.79 Å². The van der Waals surface area contributed by atoms with Gasteiger partial charge in [0.2, 0.25) is 5.91 Å². The summed E-state index contributed by atoms with van der Waals surface area (Å²) in [4.78, 5) is 14.7. The van der Waals surface area contributed by atoms with E-state index in [2.05, 4.69) is 20.4 Å². The van der Waals surface area contributed by atoms with Crippen LogP contribution in [0.4, 0.5) is 0 Å². The topological polar surface area (TPSA) is 20.3 Å². The number of allylic oxidation sites excluding steroid dienone is 1. The third-order valence-corrected chi connectivity index (χ3v) is 4.24. The summed E-state index contributed by atoms with van der Waals surface area (Å²) >= 11 is 5.95. The zero-order valence-electron chi connectivity index (χ0n) is 12.2. The highest BCUT2D eigenvalue weighted by molar-refractivity contribution is 6.30. The Bertz CT molecular complexity index is 480. The van der Waals surface area contributed by atoms with Crippen molar-refractivity contribution in [2.24, 2.45) is 5.92 Å². The summed E-state index contributed by atoms with van der Waals surface area (Å²) in [5, 5.41) is 0.733. The number of piperidine rings is 1. The molecule has 108 valence electrons. The minimum atomic E-state index is 0.0958. The number of likely N-dealkylation sites (tertiary alicyclic amines) is 1. The first-order valence-corrected chi connectivity index (χ1v) is 7.61. The first-order valence-electron chi connectivity index (χ1n) is 7.23. The molecule has 0 bridgehead atoms. The Kier molecular flexibility index (Phi) is 4.87. The fraction of sp³-hybridized carbons (Fsp3) is 0.471. The zero-order chi connectivity index (χ0) is 14.7. The van der Waals surface area contributed by atoms with E-state index < -0.39 is 0 Å². The number of benzene rings is 1. The molecule has 2 atom stereocenters. The van der Waals surface area contributed by atoms with Crippen LogP contribution in [-0.2, 0) is 4.79 Å². The van der Waals surface area contributed by atoms with Crippen molar-refractivity contribution in [2.75, 3.05) is 0 Å². The van der Waals surface area contributed by atoms with Crippen LogP contribution in [0.5, 0.6) is 0 Å². The predicted molar refractivity (Wildman–Crippen MR) is 83.7 cm³/mol. The third-order valence-electron chi connectivity index (χ3n) is 3.99. The number of carbonyl (C=O) groups is 1. The molecule has 1 aliphatic rings. The Morgan fingerprint density at radius 3 is 2.55 bits per heavy atom. The molecule has 0 radical (unpaired) electrons. The molecule has 3 heteroatoms. The third kappa shape index (κ3) is 3.06. The molecule has 1 aromatic rings. The fourth-order valence-electron chi connectivity index (χ4n) is 3.03. The van der Waals surface area contributed by atoms with Crippen molar-refractivity contribution in [3.8, 4) is 0 Å². The van der Waals surface area contributed by atoms with E-state index in [1.807, 2.05) is 35.2 Å². The molecule has 1 aliphatic heterocycles. The summed E-state index contributed by atoms with van der Waals surface area (Å²) < 4.78 is 0. The number of hydrogen-bond acceptors (Lipinski definition) is 1. The molecule has 2 nitrogen and oxygen atoms in total. The molecule has 1 heterocycles. The van der Waals surface area contributed by atoms with Crippen LogP contribution in [0.1, 0.15) is 44.7 Å². The van der Waals surface area contributed by atoms with Gasteiger partial charge < -0.3 is 4.90 Å². The van der Waals surface area contributed by atoms with E-state index in [-0.39, 0.29) is 23.9 Å². The summed E-state index contributed by atoms with van der Waals surface area (Å²) in [7, 11) is 0. The van der Waals surface area contributed by atoms with Crippen LogP contribution in [0.25, 0.3) is 0 Å². The van der Waals surface area contributed by atoms with Crippen molar-refractivity contribution >= 4 is 17.5 Å². The molecule has 0 aromatic heterocycles. The lowest BCUT2D eigenvalue weighted by Crippen LogP contribution is -2.46. The number of halogens is 1. The van der Waals surface area contributed by atoms with Gasteiger partial charge in [0.05, 0.1) is 6.04 Å². The molecule has 2 unspecified atom stereocenters. The summed E-state index contributed by atoms with van der Waals surface area (Å²) in [6.45, 7) is 7.92. The molecule has 1 aromatic carbocycles. The van der Waals surface area contributed by atoms with Gasteiger partial charge >= 0.3 is 0 Å². The van der Waals surface area contributed by atoms with E-state index in [4.69, 9.17) is 11.6 Å². The molecule has 0 spiro atoms. The average molecular weight is 292 g/mol. The number of nitrogens with zero attached hydrogens (tertiary/aromatic N) is 1. The number of carbonyl (C=O) groups excluding carboxylic acids is 1. The lowest BCUT2D eigenvalue weighted by molar-refractivity contribution is -0.144. The van der Waals surface area contributed by atoms with Gasteiger partial charge in [0.1, 0.15) is 0 Å². The van der Waals surface area contributed by atoms with Gasteiger partial charge in [-0.25, -0.2) is 0 Å². The quantitative estimate of drug-likeness (QED) is 0.742. The van der Waals surface area contributed by atoms with Crippen LogP contribution in [0.2, 0.25) is 5.02 Å². The van der Waals surface area contributed by atoms with Crippen molar-refractivity contribution in [3.63, 3.8) is 0 Å². The van der Waals surface area contributed by atoms with Crippen LogP contribution in [-0.4, -0.2) is 16.8 Å². The zero-order valence-corrected chi connectivity index (χ0v) is 12.9. The van der Waals surface area contributed by atoms with Gasteiger partial charge in [-0.3, -0.25) is 4.79 Å². The second-order valence-corrected chi connectivity index (χ2v) is 6.14. The second kappa shape index (κ2) is 6.45. The first-order chi connectivity index (χ1) is 9.54. The Labute approximate surface area is 126 Å². The van der Waals surface area contributed by atoms with Gasteiger partial charge in [0.15, 0.2) is 0 Å². The molecule has 2 rings (SSSR count). The van der Waals surface area contributed by atoms with Crippen molar-refractivity contribution in [1.82, 2.24) is 4.90 Å². The van der Waals surface area contributed by atoms with E-state index in [0.29, 0.717) is 0 Å². The van der Waals surface area contributed by atoms with Crippen molar-refractivity contribution in [2.45, 2.75) is 45.2 Å². The maximum absolute atomic E-state index is 12.7. The summed E-state index contributed by atoms with van der Waals surface area (Å²) in [6, 6.07) is 8.23.